The molecule has 2 aromatic heterocycles. The van der Waals surface area contributed by atoms with Crippen LogP contribution >= 0.6 is 11.3 Å². The van der Waals surface area contributed by atoms with Crippen molar-refractivity contribution in [2.45, 2.75) is 27.7 Å². The van der Waals surface area contributed by atoms with E-state index in [1.54, 1.807) is 18.3 Å². The third-order valence-corrected chi connectivity index (χ3v) is 7.13. The van der Waals surface area contributed by atoms with Crippen molar-refractivity contribution in [1.82, 2.24) is 9.99 Å². The molecule has 8 nitrogen and oxygen atoms in total. The molecule has 0 spiro atoms. The number of hydrogen-bond acceptors (Lipinski definition) is 6. The number of thiophene rings is 1. The first-order valence-corrected chi connectivity index (χ1v) is 12.2. The van der Waals surface area contributed by atoms with E-state index in [9.17, 15) is 14.9 Å². The summed E-state index contributed by atoms with van der Waals surface area (Å²) in [5.74, 6) is -0.356. The lowest BCUT2D eigenvalue weighted by molar-refractivity contribution is -0.384. The molecule has 0 aliphatic rings. The average Bonchev–Trinajstić information content (AvgIpc) is 3.40. The summed E-state index contributed by atoms with van der Waals surface area (Å²) in [5, 5.41) is 15.8. The molecule has 0 radical (unpaired) electrons. The minimum atomic E-state index is -0.447. The number of hydrazone groups is 1. The Morgan fingerprint density at radius 2 is 1.83 bits per heavy atom. The maximum Gasteiger partial charge on any atom is 0.281 e. The summed E-state index contributed by atoms with van der Waals surface area (Å²) in [7, 11) is 0. The van der Waals surface area contributed by atoms with Crippen molar-refractivity contribution in [1.29, 1.82) is 0 Å². The smallest absolute Gasteiger partial charge is 0.281 e. The number of non-ortho nitro benzene ring substituents is 1. The van der Waals surface area contributed by atoms with Crippen LogP contribution in [0.3, 0.4) is 0 Å². The fraction of sp³-hybridized carbons (Fsp3) is 0.231. The highest BCUT2D eigenvalue weighted by Crippen LogP contribution is 2.29. The Balaban J connectivity index is 1.49. The highest BCUT2D eigenvalue weighted by molar-refractivity contribution is 7.20. The van der Waals surface area contributed by atoms with Crippen LogP contribution in [0, 0.1) is 24.0 Å². The lowest BCUT2D eigenvalue weighted by Gasteiger charge is -2.21. The van der Waals surface area contributed by atoms with E-state index in [1.165, 1.54) is 29.2 Å². The number of carbonyl (C=O) groups excluding carboxylic acids is 1. The van der Waals surface area contributed by atoms with Crippen molar-refractivity contribution in [3.05, 3.63) is 86.5 Å². The van der Waals surface area contributed by atoms with E-state index in [0.717, 1.165) is 40.4 Å². The summed E-state index contributed by atoms with van der Waals surface area (Å²) in [5.41, 5.74) is 7.82. The van der Waals surface area contributed by atoms with Crippen LogP contribution in [0.1, 0.15) is 40.5 Å². The standard InChI is InChI=1S/C26H27N5O3S/c1-5-29(6-2)21-7-9-22(10-8-21)30-17(3)13-20(18(30)4)16-27-28-26(32)25-15-19-14-23(31(33)34)11-12-24(19)35-25/h7-16H,5-6H2,1-4H3,(H,28,32). The number of carbonyl (C=O) groups is 1. The third-order valence-electron chi connectivity index (χ3n) is 6.01. The summed E-state index contributed by atoms with van der Waals surface area (Å²) < 4.78 is 2.97. The first kappa shape index (κ1) is 24.2. The molecular formula is C26H27N5O3S. The molecule has 180 valence electrons. The molecule has 1 amide bonds. The maximum absolute atomic E-state index is 12.6. The lowest BCUT2D eigenvalue weighted by atomic mass is 10.2. The molecule has 0 saturated carbocycles. The quantitative estimate of drug-likeness (QED) is 0.192. The Labute approximate surface area is 207 Å². The number of nitrogens with zero attached hydrogens (tertiary/aromatic N) is 4. The van der Waals surface area contributed by atoms with Crippen LogP contribution in [0.4, 0.5) is 11.4 Å². The first-order chi connectivity index (χ1) is 16.8. The fourth-order valence-electron chi connectivity index (χ4n) is 4.19. The van der Waals surface area contributed by atoms with Crippen molar-refractivity contribution in [2.75, 3.05) is 18.0 Å². The Bertz CT molecular complexity index is 1420. The van der Waals surface area contributed by atoms with Crippen LogP contribution in [0.25, 0.3) is 15.8 Å². The molecule has 0 unspecified atom stereocenters. The van der Waals surface area contributed by atoms with Crippen LogP contribution in [-0.4, -0.2) is 34.7 Å². The van der Waals surface area contributed by atoms with Crippen LogP contribution < -0.4 is 10.3 Å². The zero-order valence-corrected chi connectivity index (χ0v) is 20.9. The Kier molecular flexibility index (Phi) is 6.97. The van der Waals surface area contributed by atoms with Gasteiger partial charge in [-0.1, -0.05) is 0 Å². The van der Waals surface area contributed by atoms with Crippen molar-refractivity contribution in [2.24, 2.45) is 5.10 Å². The predicted molar refractivity (Wildman–Crippen MR) is 142 cm³/mol. The molecule has 0 fully saturated rings. The minimum absolute atomic E-state index is 0.00155. The van der Waals surface area contributed by atoms with E-state index >= 15 is 0 Å². The van der Waals surface area contributed by atoms with Crippen molar-refractivity contribution < 1.29 is 9.72 Å². The van der Waals surface area contributed by atoms with Crippen LogP contribution in [0.2, 0.25) is 0 Å². The predicted octanol–water partition coefficient (Wildman–Crippen LogP) is 5.83. The van der Waals surface area contributed by atoms with Crippen LogP contribution in [0.5, 0.6) is 0 Å². The first-order valence-electron chi connectivity index (χ1n) is 11.4. The highest BCUT2D eigenvalue weighted by Gasteiger charge is 2.14. The number of aromatic nitrogens is 1. The zero-order chi connectivity index (χ0) is 25.1. The van der Waals surface area contributed by atoms with E-state index in [0.29, 0.717) is 10.3 Å². The van der Waals surface area contributed by atoms with Gasteiger partial charge in [0.15, 0.2) is 0 Å². The number of nitro groups is 1. The van der Waals surface area contributed by atoms with E-state index in [4.69, 9.17) is 0 Å². The molecule has 0 bridgehead atoms. The summed E-state index contributed by atoms with van der Waals surface area (Å²) in [4.78, 5) is 25.9. The topological polar surface area (TPSA) is 92.8 Å². The van der Waals surface area contributed by atoms with Crippen molar-refractivity contribution in [3.8, 4) is 5.69 Å². The molecule has 0 aliphatic carbocycles. The van der Waals surface area contributed by atoms with Gasteiger partial charge in [-0.3, -0.25) is 14.9 Å². The highest BCUT2D eigenvalue weighted by atomic mass is 32.1. The number of hydrogen-bond donors (Lipinski definition) is 1. The molecule has 2 aromatic carbocycles. The van der Waals surface area contributed by atoms with E-state index < -0.39 is 4.92 Å². The molecule has 0 saturated heterocycles. The number of nitrogens with one attached hydrogen (secondary N) is 1. The molecule has 4 rings (SSSR count). The summed E-state index contributed by atoms with van der Waals surface area (Å²) in [6.45, 7) is 10.3. The van der Waals surface area contributed by atoms with Gasteiger partial charge in [0, 0.05) is 63.6 Å². The number of rotatable bonds is 8. The molecule has 4 aromatic rings. The molecule has 9 heteroatoms. The molecule has 35 heavy (non-hydrogen) atoms. The van der Waals surface area contributed by atoms with Crippen LogP contribution in [0.15, 0.2) is 59.7 Å². The van der Waals surface area contributed by atoms with E-state index in [2.05, 4.69) is 58.1 Å². The second-order valence-corrected chi connectivity index (χ2v) is 9.22. The number of fused-ring (bicyclic) bond motifs is 1. The van der Waals surface area contributed by atoms with Gasteiger partial charge in [-0.05, 0) is 70.2 Å². The minimum Gasteiger partial charge on any atom is -0.372 e. The number of nitro benzene ring substituents is 1. The number of amides is 1. The average molecular weight is 490 g/mol. The summed E-state index contributed by atoms with van der Waals surface area (Å²) >= 11 is 1.27. The largest absolute Gasteiger partial charge is 0.372 e. The van der Waals surface area contributed by atoms with E-state index in [-0.39, 0.29) is 11.6 Å². The second kappa shape index (κ2) is 10.1. The fourth-order valence-corrected chi connectivity index (χ4v) is 5.12. The summed E-state index contributed by atoms with van der Waals surface area (Å²) in [6.07, 6.45) is 1.64. The number of anilines is 1. The number of benzene rings is 2. The van der Waals surface area contributed by atoms with Gasteiger partial charge in [0.1, 0.15) is 0 Å². The Morgan fingerprint density at radius 1 is 1.11 bits per heavy atom. The van der Waals surface area contributed by atoms with E-state index in [1.807, 2.05) is 19.9 Å². The molecule has 0 atom stereocenters. The molecular weight excluding hydrogens is 462 g/mol. The van der Waals surface area contributed by atoms with Gasteiger partial charge in [0.05, 0.1) is 16.0 Å². The lowest BCUT2D eigenvalue weighted by Crippen LogP contribution is -2.21. The zero-order valence-electron chi connectivity index (χ0n) is 20.1. The van der Waals surface area contributed by atoms with Gasteiger partial charge >= 0.3 is 0 Å². The Hall–Kier alpha value is -3.98. The van der Waals surface area contributed by atoms with Gasteiger partial charge in [0.2, 0.25) is 0 Å². The normalized spacial score (nSPS) is 11.3. The Morgan fingerprint density at radius 3 is 2.49 bits per heavy atom. The van der Waals surface area contributed by atoms with Crippen molar-refractivity contribution in [3.63, 3.8) is 0 Å². The molecule has 0 aliphatic heterocycles. The molecule has 2 heterocycles. The van der Waals surface area contributed by atoms with Gasteiger partial charge in [0.25, 0.3) is 11.6 Å². The van der Waals surface area contributed by atoms with Gasteiger partial charge in [-0.15, -0.1) is 11.3 Å². The van der Waals surface area contributed by atoms with Crippen molar-refractivity contribution >= 4 is 44.9 Å². The third kappa shape index (κ3) is 4.95. The van der Waals surface area contributed by atoms with Gasteiger partial charge < -0.3 is 9.47 Å². The number of aryl methyl sites for hydroxylation is 1. The van der Waals surface area contributed by atoms with Gasteiger partial charge in [-0.25, -0.2) is 5.43 Å². The van der Waals surface area contributed by atoms with Crippen LogP contribution in [-0.2, 0) is 0 Å². The monoisotopic (exact) mass is 489 g/mol. The van der Waals surface area contributed by atoms with Gasteiger partial charge in [-0.2, -0.15) is 5.10 Å². The maximum atomic E-state index is 12.6. The molecule has 1 N–H and O–H groups in total. The summed E-state index contributed by atoms with van der Waals surface area (Å²) in [6, 6.07) is 16.7. The SMILES string of the molecule is CCN(CC)c1ccc(-n2c(C)cc(C=NNC(=O)c3cc4cc([N+](=O)[O-])ccc4s3)c2C)cc1. The second-order valence-electron chi connectivity index (χ2n) is 8.14.